The van der Waals surface area contributed by atoms with Gasteiger partial charge in [0, 0.05) is 18.9 Å². The van der Waals surface area contributed by atoms with E-state index in [1.54, 1.807) is 7.11 Å². The fraction of sp³-hybridized carbons (Fsp3) is 0.708. The molecule has 1 heterocycles. The van der Waals surface area contributed by atoms with Crippen LogP contribution in [0.2, 0.25) is 0 Å². The van der Waals surface area contributed by atoms with E-state index in [0.29, 0.717) is 23.5 Å². The van der Waals surface area contributed by atoms with Crippen molar-refractivity contribution in [2.45, 2.75) is 57.3 Å². The van der Waals surface area contributed by atoms with Gasteiger partial charge in [0.25, 0.3) is 0 Å². The fourth-order valence-electron chi connectivity index (χ4n) is 8.26. The highest BCUT2D eigenvalue weighted by Gasteiger charge is 2.77. The Kier molecular flexibility index (Phi) is 3.38. The Morgan fingerprint density at radius 3 is 2.93 bits per heavy atom. The molecule has 0 bridgehead atoms. The van der Waals surface area contributed by atoms with Gasteiger partial charge in [0.05, 0.1) is 5.60 Å². The average molecular weight is 367 g/mol. The van der Waals surface area contributed by atoms with Crippen LogP contribution < -0.4 is 0 Å². The van der Waals surface area contributed by atoms with E-state index >= 15 is 0 Å². The van der Waals surface area contributed by atoms with Crippen molar-refractivity contribution in [3.05, 3.63) is 36.0 Å². The molecule has 0 N–H and O–H groups in total. The highest BCUT2D eigenvalue weighted by molar-refractivity contribution is 5.91. The van der Waals surface area contributed by atoms with Gasteiger partial charge >= 0.3 is 0 Å². The van der Waals surface area contributed by atoms with Crippen molar-refractivity contribution in [1.82, 2.24) is 0 Å². The van der Waals surface area contributed by atoms with E-state index in [9.17, 15) is 4.79 Å². The Balaban J connectivity index is 1.41. The second-order valence-corrected chi connectivity index (χ2v) is 9.81. The Bertz CT molecular complexity index is 778. The van der Waals surface area contributed by atoms with Crippen LogP contribution in [-0.2, 0) is 14.3 Å². The van der Waals surface area contributed by atoms with E-state index in [-0.39, 0.29) is 17.3 Å². The Hall–Kier alpha value is -1.19. The quantitative estimate of drug-likeness (QED) is 0.678. The molecule has 0 saturated heterocycles. The second-order valence-electron chi connectivity index (χ2n) is 9.81. The van der Waals surface area contributed by atoms with Crippen LogP contribution in [0.25, 0.3) is 0 Å². The van der Waals surface area contributed by atoms with Gasteiger partial charge in [-0.25, -0.2) is 0 Å². The summed E-state index contributed by atoms with van der Waals surface area (Å²) in [5.41, 5.74) is 1.46. The molecule has 1 spiro atoms. The summed E-state index contributed by atoms with van der Waals surface area (Å²) < 4.78 is 12.2. The van der Waals surface area contributed by atoms with Crippen LogP contribution in [0.5, 0.6) is 0 Å². The van der Waals surface area contributed by atoms with Gasteiger partial charge in [-0.05, 0) is 85.3 Å². The molecule has 0 amide bonds. The first-order valence-electron chi connectivity index (χ1n) is 11.0. The third-order valence-electron chi connectivity index (χ3n) is 9.26. The van der Waals surface area contributed by atoms with Gasteiger partial charge in [-0.3, -0.25) is 4.79 Å². The number of rotatable bonds is 2. The zero-order valence-electron chi connectivity index (χ0n) is 16.4. The third kappa shape index (κ3) is 1.93. The zero-order chi connectivity index (χ0) is 18.4. The summed E-state index contributed by atoms with van der Waals surface area (Å²) in [6.07, 6.45) is 17.9. The van der Waals surface area contributed by atoms with E-state index < -0.39 is 0 Å². The molecular weight excluding hydrogens is 336 g/mol. The van der Waals surface area contributed by atoms with Crippen molar-refractivity contribution in [3.8, 4) is 0 Å². The van der Waals surface area contributed by atoms with E-state index in [2.05, 4.69) is 31.2 Å². The van der Waals surface area contributed by atoms with Gasteiger partial charge in [-0.1, -0.05) is 25.2 Å². The molecule has 3 saturated carbocycles. The van der Waals surface area contributed by atoms with Crippen LogP contribution in [0.3, 0.4) is 0 Å². The number of ether oxygens (including phenoxy) is 2. The molecule has 4 unspecified atom stereocenters. The Labute approximate surface area is 161 Å². The van der Waals surface area contributed by atoms with Crippen molar-refractivity contribution in [1.29, 1.82) is 0 Å². The third-order valence-corrected chi connectivity index (χ3v) is 9.26. The van der Waals surface area contributed by atoms with E-state index in [1.807, 2.05) is 6.08 Å². The number of hydrogen-bond acceptors (Lipinski definition) is 3. The number of allylic oxidation sites excluding steroid dienone is 4. The number of carbonyl (C=O) groups is 1. The van der Waals surface area contributed by atoms with Crippen molar-refractivity contribution in [2.24, 2.45) is 40.9 Å². The molecule has 3 fully saturated rings. The van der Waals surface area contributed by atoms with Crippen molar-refractivity contribution < 1.29 is 14.3 Å². The largest absolute Gasteiger partial charge is 0.352 e. The summed E-state index contributed by atoms with van der Waals surface area (Å²) >= 11 is 0. The predicted molar refractivity (Wildman–Crippen MR) is 103 cm³/mol. The lowest BCUT2D eigenvalue weighted by atomic mass is 9.49. The van der Waals surface area contributed by atoms with Gasteiger partial charge in [-0.15, -0.1) is 0 Å². The molecule has 0 aromatic carbocycles. The van der Waals surface area contributed by atoms with Crippen LogP contribution in [0.4, 0.5) is 0 Å². The van der Waals surface area contributed by atoms with Gasteiger partial charge < -0.3 is 9.47 Å². The molecule has 3 heteroatoms. The lowest BCUT2D eigenvalue weighted by Gasteiger charge is -2.57. The predicted octanol–water partition coefficient (Wildman–Crippen LogP) is 4.45. The van der Waals surface area contributed by atoms with Crippen LogP contribution in [0.15, 0.2) is 36.0 Å². The maximum atomic E-state index is 11.9. The molecule has 0 radical (unpaired) electrons. The molecule has 1 aliphatic heterocycles. The first-order valence-corrected chi connectivity index (χ1v) is 11.0. The average Bonchev–Trinajstić information content (AvgIpc) is 3.30. The van der Waals surface area contributed by atoms with Gasteiger partial charge in [0.1, 0.15) is 0 Å². The number of fused-ring (bicyclic) bond motifs is 9. The van der Waals surface area contributed by atoms with E-state index in [0.717, 1.165) is 30.6 Å². The Morgan fingerprint density at radius 2 is 2.15 bits per heavy atom. The smallest absolute Gasteiger partial charge is 0.177 e. The van der Waals surface area contributed by atoms with Crippen molar-refractivity contribution in [3.63, 3.8) is 0 Å². The standard InChI is InChI=1S/C24H30O3/c1-3-23-10-8-17-16-7-5-15(25)12-14(16)4-6-18(17)22(23)19-13-20(19)24(23)11-9-21(26-2)27-24/h4,6,9,11-12,16-22H,3,5,7-8,10,13H2,1-2H3/t16-,17?,18?,19-,20+,21?,22?,23-,24-/m0/s1. The fourth-order valence-corrected chi connectivity index (χ4v) is 8.26. The second kappa shape index (κ2) is 5.45. The van der Waals surface area contributed by atoms with Gasteiger partial charge in [0.15, 0.2) is 12.1 Å². The lowest BCUT2D eigenvalue weighted by molar-refractivity contribution is -0.206. The van der Waals surface area contributed by atoms with Crippen LogP contribution in [0, 0.1) is 40.9 Å². The maximum absolute atomic E-state index is 11.9. The van der Waals surface area contributed by atoms with Crippen LogP contribution >= 0.6 is 0 Å². The highest BCUT2D eigenvalue weighted by Crippen LogP contribution is 2.78. The molecule has 0 aromatic rings. The number of ketones is 1. The Morgan fingerprint density at radius 1 is 1.26 bits per heavy atom. The summed E-state index contributed by atoms with van der Waals surface area (Å²) in [7, 11) is 1.75. The number of hydrogen-bond donors (Lipinski definition) is 0. The summed E-state index contributed by atoms with van der Waals surface area (Å²) in [6, 6.07) is 0. The molecule has 6 aliphatic rings. The molecule has 5 aliphatic carbocycles. The maximum Gasteiger partial charge on any atom is 0.177 e. The number of methoxy groups -OCH3 is 1. The topological polar surface area (TPSA) is 35.5 Å². The van der Waals surface area contributed by atoms with Crippen molar-refractivity contribution >= 4 is 5.78 Å². The minimum atomic E-state index is -0.174. The van der Waals surface area contributed by atoms with Gasteiger partial charge in [-0.2, -0.15) is 0 Å². The normalized spacial score (nSPS) is 54.4. The van der Waals surface area contributed by atoms with Crippen LogP contribution in [-0.4, -0.2) is 24.8 Å². The molecule has 0 aromatic heterocycles. The monoisotopic (exact) mass is 366 g/mol. The molecule has 144 valence electrons. The summed E-state index contributed by atoms with van der Waals surface area (Å²) in [5.74, 6) is 4.51. The highest BCUT2D eigenvalue weighted by atomic mass is 16.7. The molecular formula is C24H30O3. The first-order chi connectivity index (χ1) is 13.1. The summed E-state index contributed by atoms with van der Waals surface area (Å²) in [4.78, 5) is 11.9. The minimum Gasteiger partial charge on any atom is -0.352 e. The molecule has 6 rings (SSSR count). The summed E-state index contributed by atoms with van der Waals surface area (Å²) in [5, 5.41) is 0. The first kappa shape index (κ1) is 16.7. The molecule has 27 heavy (non-hydrogen) atoms. The van der Waals surface area contributed by atoms with Crippen molar-refractivity contribution in [2.75, 3.05) is 7.11 Å². The minimum absolute atomic E-state index is 0.102. The lowest BCUT2D eigenvalue weighted by Crippen LogP contribution is -2.55. The van der Waals surface area contributed by atoms with E-state index in [1.165, 1.54) is 31.3 Å². The van der Waals surface area contributed by atoms with Crippen LogP contribution in [0.1, 0.15) is 45.4 Å². The van der Waals surface area contributed by atoms with Gasteiger partial charge in [0.2, 0.25) is 0 Å². The number of carbonyl (C=O) groups excluding carboxylic acids is 1. The molecule has 9 atom stereocenters. The zero-order valence-corrected chi connectivity index (χ0v) is 16.4. The summed E-state index contributed by atoms with van der Waals surface area (Å²) in [6.45, 7) is 2.38. The SMILES string of the molecule is CC[C@]12CCC3C(C=CC4=CC(=O)CC[C@@H]43)C1[C@H]1C[C@H]1[C@@]21C=CC(OC)O1. The molecule has 3 nitrogen and oxygen atoms in total. The van der Waals surface area contributed by atoms with E-state index in [4.69, 9.17) is 9.47 Å².